The van der Waals surface area contributed by atoms with Crippen molar-refractivity contribution in [2.45, 2.75) is 18.9 Å². The molecule has 0 bridgehead atoms. The van der Waals surface area contributed by atoms with Gasteiger partial charge in [0.2, 0.25) is 0 Å². The maximum atomic E-state index is 13.7. The zero-order chi connectivity index (χ0) is 23.8. The molecule has 4 nitrogen and oxygen atoms in total. The van der Waals surface area contributed by atoms with Gasteiger partial charge in [0.05, 0.1) is 23.4 Å². The van der Waals surface area contributed by atoms with E-state index >= 15 is 0 Å². The van der Waals surface area contributed by atoms with E-state index in [2.05, 4.69) is 30.3 Å². The van der Waals surface area contributed by atoms with Crippen LogP contribution in [-0.4, -0.2) is 11.7 Å². The number of nitrogens with zero attached hydrogens (tertiary/aromatic N) is 2. The van der Waals surface area contributed by atoms with E-state index in [1.807, 2.05) is 71.3 Å². The Morgan fingerprint density at radius 1 is 1.00 bits per heavy atom. The van der Waals surface area contributed by atoms with Gasteiger partial charge in [-0.2, -0.15) is 0 Å². The molecule has 2 heterocycles. The summed E-state index contributed by atoms with van der Waals surface area (Å²) in [6.07, 6.45) is 7.66. The Balaban J connectivity index is 1.55. The van der Waals surface area contributed by atoms with Gasteiger partial charge in [0.1, 0.15) is 5.75 Å². The molecule has 1 atom stereocenters. The van der Waals surface area contributed by atoms with E-state index in [1.165, 1.54) is 28.0 Å². The van der Waals surface area contributed by atoms with Crippen molar-refractivity contribution in [3.63, 3.8) is 0 Å². The molecule has 0 saturated heterocycles. The van der Waals surface area contributed by atoms with E-state index in [9.17, 15) is 4.79 Å². The average molecular weight is 477 g/mol. The largest absolute Gasteiger partial charge is 0.497 e. The van der Waals surface area contributed by atoms with Gasteiger partial charge >= 0.3 is 0 Å². The molecule has 1 aromatic heterocycles. The molecule has 0 amide bonds. The monoisotopic (exact) mass is 476 g/mol. The normalized spacial score (nSPS) is 17.1. The number of hydrogen-bond acceptors (Lipinski definition) is 4. The Morgan fingerprint density at radius 3 is 2.69 bits per heavy atom. The van der Waals surface area contributed by atoms with Gasteiger partial charge in [0.25, 0.3) is 5.56 Å². The second-order valence-corrected chi connectivity index (χ2v) is 9.69. The van der Waals surface area contributed by atoms with E-state index < -0.39 is 0 Å². The summed E-state index contributed by atoms with van der Waals surface area (Å²) in [5, 5.41) is 0. The first kappa shape index (κ1) is 21.6. The Morgan fingerprint density at radius 2 is 1.83 bits per heavy atom. The summed E-state index contributed by atoms with van der Waals surface area (Å²) in [6.45, 7) is 0. The van der Waals surface area contributed by atoms with Gasteiger partial charge in [-0.25, -0.2) is 4.99 Å². The molecule has 0 saturated carbocycles. The second-order valence-electron chi connectivity index (χ2n) is 8.68. The number of fused-ring (bicyclic) bond motifs is 3. The number of aryl methyl sites for hydroxylation is 1. The highest BCUT2D eigenvalue weighted by molar-refractivity contribution is 7.07. The number of benzene rings is 3. The van der Waals surface area contributed by atoms with Crippen molar-refractivity contribution in [3.05, 3.63) is 132 Å². The van der Waals surface area contributed by atoms with Crippen LogP contribution in [0.2, 0.25) is 0 Å². The Kier molecular flexibility index (Phi) is 5.55. The second kappa shape index (κ2) is 9.01. The van der Waals surface area contributed by atoms with Crippen LogP contribution in [0.1, 0.15) is 34.7 Å². The van der Waals surface area contributed by atoms with Crippen molar-refractivity contribution in [1.82, 2.24) is 4.57 Å². The van der Waals surface area contributed by atoms with Crippen LogP contribution < -0.4 is 19.6 Å². The SMILES string of the molecule is COc1cccc(C2C3=C(N=c4sc(=C/C=C/c5ccccc5)c(=O)n42)c2ccccc2CC3)c1. The highest BCUT2D eigenvalue weighted by Crippen LogP contribution is 2.41. The van der Waals surface area contributed by atoms with Crippen LogP contribution in [0.3, 0.4) is 0 Å². The molecule has 2 aliphatic rings. The standard InChI is InChI=1S/C30H24N2O2S/c1-34-23-14-8-13-22(19-23)28-25-18-17-21-12-5-6-15-24(21)27(25)31-30-32(28)29(33)26(35-30)16-7-11-20-9-3-2-4-10-20/h2-16,19,28H,17-18H2,1H3/b11-7+,26-16?. The molecule has 1 unspecified atom stereocenters. The third-order valence-corrected chi connectivity index (χ3v) is 7.62. The number of allylic oxidation sites excluding steroid dienone is 2. The number of thiazole rings is 1. The van der Waals surface area contributed by atoms with E-state index in [0.717, 1.165) is 40.2 Å². The molecule has 1 aliphatic heterocycles. The minimum Gasteiger partial charge on any atom is -0.497 e. The highest BCUT2D eigenvalue weighted by atomic mass is 32.1. The number of hydrogen-bond donors (Lipinski definition) is 0. The highest BCUT2D eigenvalue weighted by Gasteiger charge is 2.32. The van der Waals surface area contributed by atoms with Crippen LogP contribution in [0.4, 0.5) is 0 Å². The summed E-state index contributed by atoms with van der Waals surface area (Å²) in [5.41, 5.74) is 6.80. The third kappa shape index (κ3) is 3.88. The van der Waals surface area contributed by atoms with Crippen LogP contribution in [0.5, 0.6) is 5.75 Å². The molecule has 172 valence electrons. The first-order valence-corrected chi connectivity index (χ1v) is 12.5. The van der Waals surface area contributed by atoms with E-state index in [4.69, 9.17) is 9.73 Å². The van der Waals surface area contributed by atoms with Crippen LogP contribution in [0, 0.1) is 0 Å². The molecular weight excluding hydrogens is 452 g/mol. The van der Waals surface area contributed by atoms with Gasteiger partial charge in [-0.15, -0.1) is 0 Å². The Hall–Kier alpha value is -3.96. The molecule has 0 spiro atoms. The van der Waals surface area contributed by atoms with Crippen molar-refractivity contribution >= 4 is 29.2 Å². The van der Waals surface area contributed by atoms with Gasteiger partial charge in [0, 0.05) is 5.56 Å². The van der Waals surface area contributed by atoms with E-state index in [-0.39, 0.29) is 11.6 Å². The summed E-state index contributed by atoms with van der Waals surface area (Å²) >= 11 is 1.45. The average Bonchev–Trinajstić information content (AvgIpc) is 3.22. The van der Waals surface area contributed by atoms with Crippen molar-refractivity contribution in [2.24, 2.45) is 4.99 Å². The molecule has 0 radical (unpaired) electrons. The number of methoxy groups -OCH3 is 1. The molecule has 4 aromatic rings. The smallest absolute Gasteiger partial charge is 0.271 e. The predicted octanol–water partition coefficient (Wildman–Crippen LogP) is 4.99. The summed E-state index contributed by atoms with van der Waals surface area (Å²) < 4.78 is 8.06. The lowest BCUT2D eigenvalue weighted by Crippen LogP contribution is -2.38. The van der Waals surface area contributed by atoms with Crippen LogP contribution in [0.25, 0.3) is 17.8 Å². The lowest BCUT2D eigenvalue weighted by Gasteiger charge is -2.31. The Labute approximate surface area is 207 Å². The summed E-state index contributed by atoms with van der Waals surface area (Å²) in [6, 6.07) is 26.4. The van der Waals surface area contributed by atoms with Gasteiger partial charge in [-0.05, 0) is 53.3 Å². The molecule has 0 N–H and O–H groups in total. The maximum Gasteiger partial charge on any atom is 0.271 e. The quantitative estimate of drug-likeness (QED) is 0.416. The summed E-state index contributed by atoms with van der Waals surface area (Å²) in [4.78, 5) is 19.5. The minimum absolute atomic E-state index is 0.00955. The third-order valence-electron chi connectivity index (χ3n) is 6.62. The van der Waals surface area contributed by atoms with Crippen molar-refractivity contribution < 1.29 is 4.74 Å². The molecular formula is C30H24N2O2S. The molecule has 6 rings (SSSR count). The fourth-order valence-electron chi connectivity index (χ4n) is 4.96. The Bertz CT molecular complexity index is 1660. The lowest BCUT2D eigenvalue weighted by molar-refractivity contribution is 0.413. The van der Waals surface area contributed by atoms with Crippen LogP contribution >= 0.6 is 11.3 Å². The summed E-state index contributed by atoms with van der Waals surface area (Å²) in [7, 11) is 1.67. The number of ether oxygens (including phenoxy) is 1. The van der Waals surface area contributed by atoms with Gasteiger partial charge in [0.15, 0.2) is 4.80 Å². The van der Waals surface area contributed by atoms with E-state index in [1.54, 1.807) is 7.11 Å². The van der Waals surface area contributed by atoms with Crippen LogP contribution in [-0.2, 0) is 6.42 Å². The molecule has 3 aromatic carbocycles. The van der Waals surface area contributed by atoms with E-state index in [0.29, 0.717) is 4.53 Å². The number of aromatic nitrogens is 1. The zero-order valence-corrected chi connectivity index (χ0v) is 20.2. The molecule has 5 heteroatoms. The van der Waals surface area contributed by atoms with Gasteiger partial charge in [-0.3, -0.25) is 9.36 Å². The predicted molar refractivity (Wildman–Crippen MR) is 142 cm³/mol. The topological polar surface area (TPSA) is 43.6 Å². The van der Waals surface area contributed by atoms with Gasteiger partial charge in [-0.1, -0.05) is 90.2 Å². The molecule has 1 aliphatic carbocycles. The lowest BCUT2D eigenvalue weighted by atomic mass is 9.83. The number of rotatable bonds is 4. The molecule has 0 fully saturated rings. The van der Waals surface area contributed by atoms with Crippen molar-refractivity contribution in [2.75, 3.05) is 7.11 Å². The minimum atomic E-state index is -0.204. The first-order chi connectivity index (χ1) is 17.2. The zero-order valence-electron chi connectivity index (χ0n) is 19.3. The summed E-state index contributed by atoms with van der Waals surface area (Å²) in [5.74, 6) is 0.783. The van der Waals surface area contributed by atoms with Crippen LogP contribution in [0.15, 0.2) is 100 Å². The van der Waals surface area contributed by atoms with Crippen molar-refractivity contribution in [1.29, 1.82) is 0 Å². The fraction of sp³-hybridized carbons (Fsp3) is 0.133. The molecule has 35 heavy (non-hydrogen) atoms. The van der Waals surface area contributed by atoms with Crippen molar-refractivity contribution in [3.8, 4) is 5.75 Å². The fourth-order valence-corrected chi connectivity index (χ4v) is 5.91. The maximum absolute atomic E-state index is 13.7. The first-order valence-electron chi connectivity index (χ1n) is 11.7. The van der Waals surface area contributed by atoms with Gasteiger partial charge < -0.3 is 4.74 Å².